The Labute approximate surface area is 244 Å². The summed E-state index contributed by atoms with van der Waals surface area (Å²) in [4.78, 5) is 0. The number of rotatable bonds is 4. The van der Waals surface area contributed by atoms with Gasteiger partial charge in [0.05, 0.1) is 5.60 Å². The van der Waals surface area contributed by atoms with Gasteiger partial charge < -0.3 is 15.3 Å². The van der Waals surface area contributed by atoms with E-state index in [9.17, 15) is 15.3 Å². The van der Waals surface area contributed by atoms with Crippen LogP contribution < -0.4 is 10.4 Å². The van der Waals surface area contributed by atoms with E-state index < -0.39 is 11.0 Å². The first-order valence-electron chi connectivity index (χ1n) is 15.8. The molecule has 0 bridgehead atoms. The smallest absolute Gasteiger partial charge is 0.161 e. The molecule has 0 aliphatic heterocycles. The number of phenolic OH excluding ortho intramolecular Hbond substituents is 2. The molecule has 7 rings (SSSR count). The van der Waals surface area contributed by atoms with Gasteiger partial charge in [-0.25, -0.2) is 0 Å². The fourth-order valence-electron chi connectivity index (χ4n) is 8.39. The first-order valence-corrected chi connectivity index (χ1v) is 15.8. The predicted molar refractivity (Wildman–Crippen MR) is 170 cm³/mol. The highest BCUT2D eigenvalue weighted by Gasteiger charge is 2.60. The molecular formula is C38H46O3. The lowest BCUT2D eigenvalue weighted by molar-refractivity contribution is -0.101. The minimum atomic E-state index is -1.02. The Balaban J connectivity index is 0.000000548. The van der Waals surface area contributed by atoms with E-state index in [0.717, 1.165) is 53.2 Å². The summed E-state index contributed by atoms with van der Waals surface area (Å²) in [6.45, 7) is 13.2. The van der Waals surface area contributed by atoms with Crippen LogP contribution in [0, 0.1) is 11.8 Å². The Kier molecular flexibility index (Phi) is 7.09. The van der Waals surface area contributed by atoms with Gasteiger partial charge in [-0.1, -0.05) is 95.0 Å². The molecule has 0 saturated heterocycles. The third-order valence-electron chi connectivity index (χ3n) is 10.9. The minimum absolute atomic E-state index is 0.0213. The number of hydrogen-bond donors (Lipinski definition) is 3. The van der Waals surface area contributed by atoms with E-state index in [1.807, 2.05) is 6.07 Å². The van der Waals surface area contributed by atoms with Gasteiger partial charge in [-0.05, 0) is 100 Å². The van der Waals surface area contributed by atoms with Crippen LogP contribution in [-0.2, 0) is 24.7 Å². The lowest BCUT2D eigenvalue weighted by Gasteiger charge is -2.58. The molecule has 1 saturated carbocycles. The van der Waals surface area contributed by atoms with Crippen LogP contribution >= 0.6 is 0 Å². The van der Waals surface area contributed by atoms with Crippen LogP contribution in [-0.4, -0.2) is 20.9 Å². The second-order valence-corrected chi connectivity index (χ2v) is 13.4. The zero-order chi connectivity index (χ0) is 29.1. The molecule has 3 heteroatoms. The summed E-state index contributed by atoms with van der Waals surface area (Å²) in [7, 11) is 0. The average Bonchev–Trinajstić information content (AvgIpc) is 3.71. The summed E-state index contributed by atoms with van der Waals surface area (Å²) in [6.07, 6.45) is 12.4. The summed E-state index contributed by atoms with van der Waals surface area (Å²) < 4.78 is 0. The van der Waals surface area contributed by atoms with Crippen molar-refractivity contribution in [1.29, 1.82) is 0 Å². The monoisotopic (exact) mass is 550 g/mol. The van der Waals surface area contributed by atoms with E-state index in [1.165, 1.54) is 52.3 Å². The summed E-state index contributed by atoms with van der Waals surface area (Å²) in [5.74, 6) is 0.998. The van der Waals surface area contributed by atoms with Crippen LogP contribution in [0.5, 0.6) is 11.5 Å². The highest BCUT2D eigenvalue weighted by atomic mass is 16.3. The Morgan fingerprint density at radius 3 is 2.44 bits per heavy atom. The summed E-state index contributed by atoms with van der Waals surface area (Å²) in [5, 5.41) is 38.9. The molecule has 0 spiro atoms. The molecule has 0 radical (unpaired) electrons. The van der Waals surface area contributed by atoms with Gasteiger partial charge in [0, 0.05) is 17.4 Å². The molecule has 3 aromatic carbocycles. The van der Waals surface area contributed by atoms with E-state index in [2.05, 4.69) is 64.6 Å². The number of hydrogen-bond acceptors (Lipinski definition) is 3. The van der Waals surface area contributed by atoms with Crippen molar-refractivity contribution in [1.82, 2.24) is 0 Å². The fourth-order valence-corrected chi connectivity index (χ4v) is 8.39. The van der Waals surface area contributed by atoms with Crippen LogP contribution in [0.25, 0.3) is 23.4 Å². The maximum absolute atomic E-state index is 12.6. The van der Waals surface area contributed by atoms with Crippen molar-refractivity contribution < 1.29 is 15.3 Å². The van der Waals surface area contributed by atoms with Crippen molar-refractivity contribution in [3.05, 3.63) is 80.2 Å². The van der Waals surface area contributed by atoms with E-state index >= 15 is 0 Å². The van der Waals surface area contributed by atoms with E-state index in [-0.39, 0.29) is 17.4 Å². The van der Waals surface area contributed by atoms with E-state index in [1.54, 1.807) is 6.07 Å². The third-order valence-corrected chi connectivity index (χ3v) is 10.9. The van der Waals surface area contributed by atoms with E-state index in [4.69, 9.17) is 0 Å². The Hall–Kier alpha value is -3.04. The largest absolute Gasteiger partial charge is 0.504 e. The molecule has 3 N–H and O–H groups in total. The molecule has 3 aromatic rings. The van der Waals surface area contributed by atoms with E-state index in [0.29, 0.717) is 19.3 Å². The number of benzene rings is 3. The number of aryl methyl sites for hydroxylation is 2. The molecule has 0 amide bonds. The number of aliphatic hydroxyl groups is 1. The lowest BCUT2D eigenvalue weighted by Crippen LogP contribution is -2.61. The molecule has 1 fully saturated rings. The first kappa shape index (κ1) is 28.1. The fraction of sp³-hybridized carbons (Fsp3) is 0.474. The van der Waals surface area contributed by atoms with Gasteiger partial charge in [-0.3, -0.25) is 0 Å². The molecule has 3 atom stereocenters. The number of phenols is 2. The minimum Gasteiger partial charge on any atom is -0.504 e. The van der Waals surface area contributed by atoms with Crippen LogP contribution in [0.1, 0.15) is 94.9 Å². The average molecular weight is 551 g/mol. The van der Waals surface area contributed by atoms with Gasteiger partial charge >= 0.3 is 0 Å². The van der Waals surface area contributed by atoms with Gasteiger partial charge in [0.2, 0.25) is 0 Å². The molecule has 4 aliphatic rings. The number of allylic oxidation sites excluding steroid dienone is 1. The van der Waals surface area contributed by atoms with Crippen LogP contribution in [0.2, 0.25) is 0 Å². The topological polar surface area (TPSA) is 60.7 Å². The van der Waals surface area contributed by atoms with Gasteiger partial charge in [0.15, 0.2) is 11.5 Å². The Morgan fingerprint density at radius 2 is 1.76 bits per heavy atom. The highest BCUT2D eigenvalue weighted by molar-refractivity contribution is 5.91. The van der Waals surface area contributed by atoms with Gasteiger partial charge in [-0.15, -0.1) is 0 Å². The maximum Gasteiger partial charge on any atom is 0.161 e. The zero-order valence-corrected chi connectivity index (χ0v) is 25.3. The zero-order valence-electron chi connectivity index (χ0n) is 25.3. The summed E-state index contributed by atoms with van der Waals surface area (Å²) in [6, 6.07) is 12.4. The molecular weight excluding hydrogens is 504 g/mol. The van der Waals surface area contributed by atoms with Crippen LogP contribution in [0.15, 0.2) is 47.5 Å². The van der Waals surface area contributed by atoms with Crippen molar-refractivity contribution in [3.63, 3.8) is 0 Å². The maximum atomic E-state index is 12.6. The molecule has 2 unspecified atom stereocenters. The molecule has 0 heterocycles. The molecule has 216 valence electrons. The summed E-state index contributed by atoms with van der Waals surface area (Å²) >= 11 is 0. The van der Waals surface area contributed by atoms with Gasteiger partial charge in [0.1, 0.15) is 0 Å². The second-order valence-electron chi connectivity index (χ2n) is 13.4. The quantitative estimate of drug-likeness (QED) is 0.303. The first-order chi connectivity index (χ1) is 19.6. The van der Waals surface area contributed by atoms with Crippen molar-refractivity contribution in [2.45, 2.75) is 103 Å². The lowest BCUT2D eigenvalue weighted by atomic mass is 9.49. The SMILES string of the molecule is C=c1/c(=C\C2=C(C)C[C@]3(CCC)c4c(ccc(O)c4O)CC(C)C3(O)C2)cc2c3c(cccc13)CC2.CCC1CC1. The molecule has 0 aromatic heterocycles. The van der Waals surface area contributed by atoms with Crippen LogP contribution in [0.3, 0.4) is 0 Å². The normalized spacial score (nSPS) is 27.0. The second kappa shape index (κ2) is 10.3. The Morgan fingerprint density at radius 1 is 1.00 bits per heavy atom. The van der Waals surface area contributed by atoms with Gasteiger partial charge in [0.25, 0.3) is 0 Å². The van der Waals surface area contributed by atoms with Crippen LogP contribution in [0.4, 0.5) is 0 Å². The van der Waals surface area contributed by atoms with Gasteiger partial charge in [-0.2, -0.15) is 0 Å². The van der Waals surface area contributed by atoms with Crippen molar-refractivity contribution in [2.24, 2.45) is 11.8 Å². The number of aromatic hydroxyl groups is 2. The third kappa shape index (κ3) is 4.43. The van der Waals surface area contributed by atoms with Crippen molar-refractivity contribution >= 4 is 23.4 Å². The molecule has 3 nitrogen and oxygen atoms in total. The molecule has 41 heavy (non-hydrogen) atoms. The number of fused-ring (bicyclic) bond motifs is 3. The predicted octanol–water partition coefficient (Wildman–Crippen LogP) is 7.12. The standard InChI is InChI=1S/C33H36O3.C5H10/c1-5-13-32-17-19(2)26(16-25-15-23-10-9-22-7-6-8-27(21(25)4)29(22)23)18-33(32,36)20(3)14-24-11-12-28(34)31(35)30(24)32;1-2-5-3-4-5/h6-8,11-12,15-16,20,34-36H,4-5,9-10,13-14,17-18H2,1-3H3;5H,2-4H2,1H3/b25-16-;/t20?,32-,33?;/m1./s1. The highest BCUT2D eigenvalue weighted by Crippen LogP contribution is 2.61. The Bertz CT molecular complexity index is 1660. The summed E-state index contributed by atoms with van der Waals surface area (Å²) in [5.41, 5.74) is 5.38. The van der Waals surface area contributed by atoms with Crippen molar-refractivity contribution in [2.75, 3.05) is 0 Å². The van der Waals surface area contributed by atoms with Crippen molar-refractivity contribution in [3.8, 4) is 11.5 Å². The molecule has 4 aliphatic carbocycles.